The maximum absolute atomic E-state index is 10.4. The number of carbonyl (C=O) groups is 2. The van der Waals surface area contributed by atoms with Crippen LogP contribution in [0.1, 0.15) is 0 Å². The quantitative estimate of drug-likeness (QED) is 0.501. The minimum atomic E-state index is -0.236. The number of nitrogens with zero attached hydrogens (tertiary/aromatic N) is 1. The fourth-order valence-corrected chi connectivity index (χ4v) is 0.952. The lowest BCUT2D eigenvalue weighted by Gasteiger charge is -2.00. The fraction of sp³-hybridized carbons (Fsp3) is 0.333. The first-order chi connectivity index (χ1) is 3.84. The van der Waals surface area contributed by atoms with Crippen LogP contribution in [0.2, 0.25) is 0 Å². The van der Waals surface area contributed by atoms with E-state index in [0.717, 1.165) is 16.8 Å². The Kier molecular flexibility index (Phi) is 1.50. The molecular weight excluding hydrogens is 128 g/mol. The molecule has 0 bridgehead atoms. The molecule has 8 heavy (non-hydrogen) atoms. The van der Waals surface area contributed by atoms with E-state index in [4.69, 9.17) is 0 Å². The molecule has 1 aliphatic rings. The minimum Gasteiger partial charge on any atom is -0.277 e. The van der Waals surface area contributed by atoms with E-state index in [9.17, 15) is 9.59 Å². The first-order valence-electron chi connectivity index (χ1n) is 1.99. The Labute approximate surface area is 50.2 Å². The average Bonchev–Trinajstić information content (AvgIpc) is 2.14. The largest absolute Gasteiger partial charge is 0.304 e. The normalized spacial score (nSPS) is 19.5. The summed E-state index contributed by atoms with van der Waals surface area (Å²) in [5, 5.41) is 0.685. The summed E-state index contributed by atoms with van der Waals surface area (Å²) >= 11 is 1.07. The molecular formula is C3H4N2O2S. The Bertz CT molecular complexity index is 126. The molecule has 0 aromatic carbocycles. The monoisotopic (exact) mass is 132 g/mol. The number of rotatable bonds is 1. The Morgan fingerprint density at radius 2 is 2.62 bits per heavy atom. The second-order valence-electron chi connectivity index (χ2n) is 1.19. The maximum Gasteiger partial charge on any atom is 0.304 e. The van der Waals surface area contributed by atoms with Crippen molar-refractivity contribution >= 4 is 23.4 Å². The number of hydrazine groups is 1. The highest BCUT2D eigenvalue weighted by molar-refractivity contribution is 8.13. The molecule has 2 amide bonds. The average molecular weight is 132 g/mol. The topological polar surface area (TPSA) is 49.4 Å². The lowest BCUT2D eigenvalue weighted by molar-refractivity contribution is -0.116. The zero-order valence-corrected chi connectivity index (χ0v) is 4.77. The van der Waals surface area contributed by atoms with E-state index in [1.54, 1.807) is 0 Å². The summed E-state index contributed by atoms with van der Waals surface area (Å²) < 4.78 is 0. The summed E-state index contributed by atoms with van der Waals surface area (Å²) in [5.41, 5.74) is 2.53. The van der Waals surface area contributed by atoms with Gasteiger partial charge in [-0.2, -0.15) is 0 Å². The van der Waals surface area contributed by atoms with E-state index in [2.05, 4.69) is 5.43 Å². The zero-order valence-electron chi connectivity index (χ0n) is 3.96. The third-order valence-electron chi connectivity index (χ3n) is 0.733. The summed E-state index contributed by atoms with van der Waals surface area (Å²) in [6.45, 7) is 0. The molecule has 1 heterocycles. The highest BCUT2D eigenvalue weighted by Crippen LogP contribution is 2.09. The second kappa shape index (κ2) is 2.15. The van der Waals surface area contributed by atoms with E-state index in [-0.39, 0.29) is 5.24 Å². The Hall–Kier alpha value is -0.550. The van der Waals surface area contributed by atoms with Gasteiger partial charge in [-0.3, -0.25) is 9.59 Å². The molecule has 1 rings (SSSR count). The van der Waals surface area contributed by atoms with Crippen LogP contribution in [-0.4, -0.2) is 22.5 Å². The molecule has 0 atom stereocenters. The van der Waals surface area contributed by atoms with Crippen molar-refractivity contribution in [2.75, 3.05) is 5.88 Å². The molecule has 1 aliphatic heterocycles. The van der Waals surface area contributed by atoms with Gasteiger partial charge in [-0.05, 0) is 11.8 Å². The number of amides is 2. The zero-order chi connectivity index (χ0) is 5.98. The van der Waals surface area contributed by atoms with Gasteiger partial charge in [-0.15, -0.1) is 0 Å². The van der Waals surface area contributed by atoms with Crippen molar-refractivity contribution in [1.29, 1.82) is 0 Å². The first kappa shape index (κ1) is 5.58. The molecule has 5 heteroatoms. The van der Waals surface area contributed by atoms with Crippen LogP contribution in [0.15, 0.2) is 0 Å². The van der Waals surface area contributed by atoms with Gasteiger partial charge in [-0.25, -0.2) is 10.4 Å². The van der Waals surface area contributed by atoms with E-state index < -0.39 is 0 Å². The van der Waals surface area contributed by atoms with Gasteiger partial charge < -0.3 is 0 Å². The number of hydrogen-bond donors (Lipinski definition) is 1. The molecule has 0 aliphatic carbocycles. The molecule has 0 radical (unpaired) electrons. The third-order valence-corrected chi connectivity index (χ3v) is 1.45. The van der Waals surface area contributed by atoms with Crippen LogP contribution >= 0.6 is 11.8 Å². The van der Waals surface area contributed by atoms with Crippen molar-refractivity contribution in [1.82, 2.24) is 10.4 Å². The predicted molar refractivity (Wildman–Crippen MR) is 28.9 cm³/mol. The van der Waals surface area contributed by atoms with Gasteiger partial charge in [0.1, 0.15) is 0 Å². The van der Waals surface area contributed by atoms with Crippen LogP contribution in [0.5, 0.6) is 0 Å². The van der Waals surface area contributed by atoms with Crippen molar-refractivity contribution in [3.05, 3.63) is 0 Å². The molecule has 1 saturated heterocycles. The maximum atomic E-state index is 10.4. The van der Waals surface area contributed by atoms with Crippen LogP contribution in [0.3, 0.4) is 0 Å². The highest BCUT2D eigenvalue weighted by Gasteiger charge is 2.18. The predicted octanol–water partition coefficient (Wildman–Crippen LogP) is -0.226. The van der Waals surface area contributed by atoms with E-state index in [1.165, 1.54) is 0 Å². The van der Waals surface area contributed by atoms with Gasteiger partial charge in [0.25, 0.3) is 0 Å². The summed E-state index contributed by atoms with van der Waals surface area (Å²) in [6.07, 6.45) is 0.461. The van der Waals surface area contributed by atoms with Crippen LogP contribution in [0, 0.1) is 0 Å². The molecule has 0 unspecified atom stereocenters. The summed E-state index contributed by atoms with van der Waals surface area (Å²) in [7, 11) is 0. The number of carbonyl (C=O) groups excluding carboxylic acids is 2. The summed E-state index contributed by atoms with van der Waals surface area (Å²) in [6, 6.07) is 0. The molecule has 44 valence electrons. The molecule has 0 saturated carbocycles. The van der Waals surface area contributed by atoms with Gasteiger partial charge in [0, 0.05) is 0 Å². The Morgan fingerprint density at radius 1 is 1.88 bits per heavy atom. The van der Waals surface area contributed by atoms with Gasteiger partial charge in [0.15, 0.2) is 0 Å². The Morgan fingerprint density at radius 3 is 2.88 bits per heavy atom. The number of hydrogen-bond acceptors (Lipinski definition) is 4. The number of thioether (sulfide) groups is 1. The fourth-order valence-electron chi connectivity index (χ4n) is 0.378. The van der Waals surface area contributed by atoms with Gasteiger partial charge in [0.05, 0.1) is 5.88 Å². The summed E-state index contributed by atoms with van der Waals surface area (Å²) in [4.78, 5) is 20.2. The lowest BCUT2D eigenvalue weighted by atomic mass is 11.1. The SMILES string of the molecule is O=CN1NCSC1=O. The van der Waals surface area contributed by atoms with Gasteiger partial charge in [0.2, 0.25) is 6.41 Å². The standard InChI is InChI=1S/C3H4N2O2S/c6-2-5-3(7)8-1-4-5/h2,4H,1H2. The molecule has 1 N–H and O–H groups in total. The number of nitrogens with one attached hydrogen (secondary N) is 1. The first-order valence-corrected chi connectivity index (χ1v) is 2.98. The molecule has 4 nitrogen and oxygen atoms in total. The van der Waals surface area contributed by atoms with E-state index in [0.29, 0.717) is 12.3 Å². The van der Waals surface area contributed by atoms with Crippen LogP contribution in [0.4, 0.5) is 4.79 Å². The summed E-state index contributed by atoms with van der Waals surface area (Å²) in [5.74, 6) is 0.498. The van der Waals surface area contributed by atoms with Gasteiger partial charge in [-0.1, -0.05) is 0 Å². The van der Waals surface area contributed by atoms with Crippen LogP contribution in [0.25, 0.3) is 0 Å². The molecule has 0 aromatic rings. The van der Waals surface area contributed by atoms with Gasteiger partial charge >= 0.3 is 5.24 Å². The molecule has 0 spiro atoms. The van der Waals surface area contributed by atoms with Crippen molar-refractivity contribution < 1.29 is 9.59 Å². The van der Waals surface area contributed by atoms with Crippen LogP contribution in [-0.2, 0) is 4.79 Å². The number of imide groups is 1. The lowest BCUT2D eigenvalue weighted by Crippen LogP contribution is -2.31. The van der Waals surface area contributed by atoms with E-state index >= 15 is 0 Å². The Balaban J connectivity index is 2.54. The minimum absolute atomic E-state index is 0.236. The third kappa shape index (κ3) is 0.823. The molecule has 0 aromatic heterocycles. The van der Waals surface area contributed by atoms with Crippen molar-refractivity contribution in [3.63, 3.8) is 0 Å². The van der Waals surface area contributed by atoms with Crippen LogP contribution < -0.4 is 5.43 Å². The molecule has 1 fully saturated rings. The van der Waals surface area contributed by atoms with Crippen molar-refractivity contribution in [3.8, 4) is 0 Å². The smallest absolute Gasteiger partial charge is 0.277 e. The van der Waals surface area contributed by atoms with Crippen molar-refractivity contribution in [2.24, 2.45) is 0 Å². The highest BCUT2D eigenvalue weighted by atomic mass is 32.2. The van der Waals surface area contributed by atoms with Crippen molar-refractivity contribution in [2.45, 2.75) is 0 Å². The van der Waals surface area contributed by atoms with E-state index in [1.807, 2.05) is 0 Å². The second-order valence-corrected chi connectivity index (χ2v) is 2.11.